The van der Waals surface area contributed by atoms with Crippen molar-refractivity contribution >= 4 is 11.7 Å². The molecule has 1 saturated carbocycles. The van der Waals surface area contributed by atoms with Crippen molar-refractivity contribution < 1.29 is 27.9 Å². The molecule has 2 N–H and O–H groups in total. The summed E-state index contributed by atoms with van der Waals surface area (Å²) in [7, 11) is 0. The third-order valence-electron chi connectivity index (χ3n) is 7.12. The van der Waals surface area contributed by atoms with Crippen molar-refractivity contribution in [3.63, 3.8) is 0 Å². The molecule has 2 aromatic rings. The van der Waals surface area contributed by atoms with Gasteiger partial charge in [0.05, 0.1) is 29.9 Å². The Bertz CT molecular complexity index is 1050. The van der Waals surface area contributed by atoms with Crippen molar-refractivity contribution in [2.75, 3.05) is 19.6 Å². The second kappa shape index (κ2) is 10.5. The summed E-state index contributed by atoms with van der Waals surface area (Å²) in [6, 6.07) is 6.85. The first-order chi connectivity index (χ1) is 16.6. The molecule has 1 aromatic heterocycles. The number of amides is 1. The Morgan fingerprint density at radius 3 is 2.49 bits per heavy atom. The lowest BCUT2D eigenvalue weighted by Crippen LogP contribution is -2.37. The summed E-state index contributed by atoms with van der Waals surface area (Å²) in [5.41, 5.74) is -0.0618. The van der Waals surface area contributed by atoms with Crippen LogP contribution in [0.25, 0.3) is 0 Å². The van der Waals surface area contributed by atoms with E-state index >= 15 is 0 Å². The maximum absolute atomic E-state index is 12.9. The van der Waals surface area contributed by atoms with Gasteiger partial charge >= 0.3 is 6.18 Å². The van der Waals surface area contributed by atoms with Gasteiger partial charge in [-0.1, -0.05) is 6.07 Å². The molecule has 2 heterocycles. The van der Waals surface area contributed by atoms with Crippen LogP contribution in [0, 0.1) is 12.8 Å². The van der Waals surface area contributed by atoms with Gasteiger partial charge in [0.2, 0.25) is 0 Å². The Morgan fingerprint density at radius 1 is 1.11 bits per heavy atom. The number of alkyl halides is 3. The van der Waals surface area contributed by atoms with Gasteiger partial charge in [0.1, 0.15) is 0 Å². The van der Waals surface area contributed by atoms with Gasteiger partial charge in [0.15, 0.2) is 5.78 Å². The van der Waals surface area contributed by atoms with E-state index in [0.717, 1.165) is 49.6 Å². The van der Waals surface area contributed by atoms with Gasteiger partial charge < -0.3 is 10.4 Å². The second-order valence-electron chi connectivity index (χ2n) is 9.68. The normalized spacial score (nSPS) is 25.5. The van der Waals surface area contributed by atoms with Crippen LogP contribution in [0.15, 0.2) is 36.5 Å². The Hall–Kier alpha value is -2.72. The zero-order chi connectivity index (χ0) is 25.2. The number of carbonyl (C=O) groups is 2. The molecule has 35 heavy (non-hydrogen) atoms. The van der Waals surface area contributed by atoms with Crippen LogP contribution < -0.4 is 5.32 Å². The Labute approximate surface area is 202 Å². The lowest BCUT2D eigenvalue weighted by Gasteiger charge is -2.34. The highest BCUT2D eigenvalue weighted by Crippen LogP contribution is 2.34. The Kier molecular flexibility index (Phi) is 7.61. The summed E-state index contributed by atoms with van der Waals surface area (Å²) in [6.07, 6.45) is 1.01. The summed E-state index contributed by atoms with van der Waals surface area (Å²) in [5.74, 6) is -1.21. The molecule has 190 valence electrons. The van der Waals surface area contributed by atoms with Crippen LogP contribution >= 0.6 is 0 Å². The standard InChI is InChI=1S/C25H31F3N4O3/c1-16-9-10-32(30-16)21-7-5-20(6-8-21)31-14-18(23(34)15-31)12-22(33)13-29-24(35)17-3-2-4-19(11-17)25(26,27)28/h2-4,9-11,18,20-21,23,34H,5-8,12-15H2,1H3,(H,29,35)/t18-,20?,21?,23-/m0/s1. The number of hydrogen-bond donors (Lipinski definition) is 2. The molecule has 7 nitrogen and oxygen atoms in total. The first kappa shape index (κ1) is 25.4. The minimum Gasteiger partial charge on any atom is -0.391 e. The maximum Gasteiger partial charge on any atom is 0.416 e. The van der Waals surface area contributed by atoms with Crippen molar-refractivity contribution in [3.8, 4) is 0 Å². The molecular formula is C25H31F3N4O3. The van der Waals surface area contributed by atoms with Crippen LogP contribution in [0.5, 0.6) is 0 Å². The van der Waals surface area contributed by atoms with Gasteiger partial charge in [-0.3, -0.25) is 19.2 Å². The number of carbonyl (C=O) groups excluding carboxylic acids is 2. The summed E-state index contributed by atoms with van der Waals surface area (Å²) in [6.45, 7) is 2.83. The lowest BCUT2D eigenvalue weighted by molar-refractivity contribution is -0.137. The smallest absolute Gasteiger partial charge is 0.391 e. The number of nitrogens with zero attached hydrogens (tertiary/aromatic N) is 3. The number of β-amino-alcohol motifs (C(OH)–C–C–N with tert-alkyl or cyclic N) is 1. The molecule has 1 aromatic carbocycles. The van der Waals surface area contributed by atoms with Crippen molar-refractivity contribution in [2.24, 2.45) is 5.92 Å². The van der Waals surface area contributed by atoms with E-state index in [1.54, 1.807) is 0 Å². The average molecular weight is 493 g/mol. The number of aryl methyl sites for hydroxylation is 1. The van der Waals surface area contributed by atoms with E-state index in [0.29, 0.717) is 25.2 Å². The monoisotopic (exact) mass is 492 g/mol. The van der Waals surface area contributed by atoms with E-state index in [9.17, 15) is 27.9 Å². The largest absolute Gasteiger partial charge is 0.416 e. The van der Waals surface area contributed by atoms with Gasteiger partial charge in [-0.2, -0.15) is 18.3 Å². The minimum absolute atomic E-state index is 0.114. The number of halogens is 3. The maximum atomic E-state index is 12.9. The van der Waals surface area contributed by atoms with E-state index in [1.165, 1.54) is 6.07 Å². The van der Waals surface area contributed by atoms with Crippen LogP contribution in [0.3, 0.4) is 0 Å². The zero-order valence-electron chi connectivity index (χ0n) is 19.7. The molecule has 1 aliphatic carbocycles. The fourth-order valence-corrected chi connectivity index (χ4v) is 5.19. The van der Waals surface area contributed by atoms with Crippen LogP contribution in [0.1, 0.15) is 59.8 Å². The molecule has 1 saturated heterocycles. The van der Waals surface area contributed by atoms with E-state index in [4.69, 9.17) is 0 Å². The van der Waals surface area contributed by atoms with E-state index < -0.39 is 23.8 Å². The summed E-state index contributed by atoms with van der Waals surface area (Å²) in [4.78, 5) is 26.9. The molecule has 2 aliphatic rings. The van der Waals surface area contributed by atoms with Crippen LogP contribution in [-0.4, -0.2) is 63.3 Å². The number of Topliss-reactive ketones (excluding diaryl/α,β-unsaturated/α-hetero) is 1. The van der Waals surface area contributed by atoms with Crippen LogP contribution in [0.2, 0.25) is 0 Å². The fourth-order valence-electron chi connectivity index (χ4n) is 5.19. The third kappa shape index (κ3) is 6.29. The minimum atomic E-state index is -4.55. The van der Waals surface area contributed by atoms with Gasteiger partial charge in [-0.15, -0.1) is 0 Å². The Balaban J connectivity index is 1.23. The number of aliphatic hydroxyl groups is 1. The molecule has 4 rings (SSSR count). The first-order valence-corrected chi connectivity index (χ1v) is 12.0. The van der Waals surface area contributed by atoms with Gasteiger partial charge in [-0.25, -0.2) is 0 Å². The summed E-state index contributed by atoms with van der Waals surface area (Å²) >= 11 is 0. The SMILES string of the molecule is Cc1ccn(C2CCC(N3C[C@H](CC(=O)CNC(=O)c4cccc(C(F)(F)F)c4)[C@@H](O)C3)CC2)n1. The quantitative estimate of drug-likeness (QED) is 0.619. The third-order valence-corrected chi connectivity index (χ3v) is 7.12. The first-order valence-electron chi connectivity index (χ1n) is 12.0. The average Bonchev–Trinajstić information content (AvgIpc) is 3.42. The molecule has 0 unspecified atom stereocenters. The number of rotatable bonds is 7. The van der Waals surface area contributed by atoms with Crippen LogP contribution in [-0.2, 0) is 11.0 Å². The van der Waals surface area contributed by atoms with Crippen LogP contribution in [0.4, 0.5) is 13.2 Å². The number of aliphatic hydroxyl groups excluding tert-OH is 1. The molecule has 0 bridgehead atoms. The predicted octanol–water partition coefficient (Wildman–Crippen LogP) is 3.38. The summed E-state index contributed by atoms with van der Waals surface area (Å²) in [5, 5.41) is 17.5. The highest BCUT2D eigenvalue weighted by molar-refractivity contribution is 5.96. The highest BCUT2D eigenvalue weighted by atomic mass is 19.4. The van der Waals surface area contributed by atoms with Crippen molar-refractivity contribution in [2.45, 2.75) is 63.4 Å². The fraction of sp³-hybridized carbons (Fsp3) is 0.560. The molecule has 1 aliphatic heterocycles. The number of likely N-dealkylation sites (tertiary alicyclic amines) is 1. The van der Waals surface area contributed by atoms with Crippen molar-refractivity contribution in [3.05, 3.63) is 53.3 Å². The number of aromatic nitrogens is 2. The molecule has 0 radical (unpaired) electrons. The Morgan fingerprint density at radius 2 is 1.83 bits per heavy atom. The van der Waals surface area contributed by atoms with E-state index in [1.807, 2.05) is 23.9 Å². The lowest BCUT2D eigenvalue weighted by atomic mass is 9.90. The number of ketones is 1. The highest BCUT2D eigenvalue weighted by Gasteiger charge is 2.37. The number of benzene rings is 1. The molecular weight excluding hydrogens is 461 g/mol. The van der Waals surface area contributed by atoms with Crippen molar-refractivity contribution in [1.82, 2.24) is 20.0 Å². The number of hydrogen-bond acceptors (Lipinski definition) is 5. The summed E-state index contributed by atoms with van der Waals surface area (Å²) < 4.78 is 40.6. The molecule has 2 fully saturated rings. The van der Waals surface area contributed by atoms with E-state index in [-0.39, 0.29) is 30.2 Å². The molecule has 2 atom stereocenters. The van der Waals surface area contributed by atoms with Gasteiger partial charge in [0.25, 0.3) is 5.91 Å². The van der Waals surface area contributed by atoms with Gasteiger partial charge in [-0.05, 0) is 56.9 Å². The predicted molar refractivity (Wildman–Crippen MR) is 123 cm³/mol. The molecule has 1 amide bonds. The molecule has 10 heteroatoms. The second-order valence-corrected chi connectivity index (χ2v) is 9.68. The number of nitrogens with one attached hydrogen (secondary N) is 1. The topological polar surface area (TPSA) is 87.5 Å². The molecule has 0 spiro atoms. The zero-order valence-corrected chi connectivity index (χ0v) is 19.7. The van der Waals surface area contributed by atoms with E-state index in [2.05, 4.69) is 15.3 Å². The van der Waals surface area contributed by atoms with Gasteiger partial charge in [0, 0.05) is 43.2 Å². The van der Waals surface area contributed by atoms with Crippen molar-refractivity contribution in [1.29, 1.82) is 0 Å².